The molecular weight excluding hydrogens is 440 g/mol. The molecule has 0 atom stereocenters. The fourth-order valence-corrected chi connectivity index (χ4v) is 6.12. The van der Waals surface area contributed by atoms with Crippen LogP contribution in [0, 0.1) is 0 Å². The van der Waals surface area contributed by atoms with Gasteiger partial charge in [0, 0.05) is 16.5 Å². The third-order valence-electron chi connectivity index (χ3n) is 7.87. The largest absolute Gasteiger partial charge is 0.416 e. The summed E-state index contributed by atoms with van der Waals surface area (Å²) in [5, 5.41) is 9.01. The fourth-order valence-electron chi connectivity index (χ4n) is 6.12. The number of unbranched alkanes of at least 4 members (excludes halogenated alkanes) is 6. The van der Waals surface area contributed by atoms with Crippen LogP contribution in [0.4, 0.5) is 0 Å². The van der Waals surface area contributed by atoms with Gasteiger partial charge in [0.1, 0.15) is 0 Å². The monoisotopic (exact) mass is 478 g/mol. The molecule has 3 nitrogen and oxygen atoms in total. The quantitative estimate of drug-likeness (QED) is 0.190. The molecule has 1 aliphatic carbocycles. The van der Waals surface area contributed by atoms with E-state index < -0.39 is 0 Å². The van der Waals surface area contributed by atoms with Gasteiger partial charge in [-0.2, -0.15) is 0 Å². The van der Waals surface area contributed by atoms with Crippen LogP contribution in [0.3, 0.4) is 0 Å². The van der Waals surface area contributed by atoms with Crippen LogP contribution in [0.5, 0.6) is 0 Å². The summed E-state index contributed by atoms with van der Waals surface area (Å²) in [4.78, 5) is 0. The van der Waals surface area contributed by atoms with Gasteiger partial charge in [0.2, 0.25) is 11.8 Å². The molecule has 1 aliphatic rings. The van der Waals surface area contributed by atoms with E-state index in [0.29, 0.717) is 11.8 Å². The molecule has 0 fully saturated rings. The van der Waals surface area contributed by atoms with Crippen LogP contribution in [-0.2, 0) is 5.41 Å². The number of aromatic nitrogens is 2. The minimum atomic E-state index is -0.00855. The lowest BCUT2D eigenvalue weighted by atomic mass is 9.69. The van der Waals surface area contributed by atoms with Crippen molar-refractivity contribution in [2.24, 2.45) is 0 Å². The molecule has 5 rings (SSSR count). The minimum Gasteiger partial charge on any atom is -0.416 e. The van der Waals surface area contributed by atoms with Crippen molar-refractivity contribution in [2.75, 3.05) is 0 Å². The van der Waals surface area contributed by atoms with Crippen LogP contribution < -0.4 is 0 Å². The molecule has 186 valence electrons. The Morgan fingerprint density at radius 3 is 1.92 bits per heavy atom. The maximum Gasteiger partial charge on any atom is 0.248 e. The van der Waals surface area contributed by atoms with Crippen molar-refractivity contribution < 1.29 is 4.42 Å². The Balaban J connectivity index is 1.62. The molecule has 0 spiro atoms. The van der Waals surface area contributed by atoms with Crippen molar-refractivity contribution in [3.63, 3.8) is 0 Å². The highest BCUT2D eigenvalue weighted by molar-refractivity contribution is 5.87. The Hall–Kier alpha value is -3.20. The molecule has 36 heavy (non-hydrogen) atoms. The van der Waals surface area contributed by atoms with Gasteiger partial charge in [0.15, 0.2) is 0 Å². The van der Waals surface area contributed by atoms with E-state index in [0.717, 1.165) is 11.1 Å². The van der Waals surface area contributed by atoms with E-state index in [9.17, 15) is 0 Å². The van der Waals surface area contributed by atoms with E-state index in [2.05, 4.69) is 66.5 Å². The van der Waals surface area contributed by atoms with Crippen LogP contribution in [0.1, 0.15) is 89.2 Å². The van der Waals surface area contributed by atoms with Gasteiger partial charge in [0.25, 0.3) is 0 Å². The maximum atomic E-state index is 6.34. The predicted octanol–water partition coefficient (Wildman–Crippen LogP) is 9.61. The van der Waals surface area contributed by atoms with E-state index >= 15 is 0 Å². The molecule has 4 aromatic rings. The Kier molecular flexibility index (Phi) is 7.65. The Labute approximate surface area is 216 Å². The van der Waals surface area contributed by atoms with Crippen molar-refractivity contribution in [3.8, 4) is 34.0 Å². The highest BCUT2D eigenvalue weighted by atomic mass is 16.4. The van der Waals surface area contributed by atoms with Crippen molar-refractivity contribution in [1.82, 2.24) is 10.2 Å². The molecule has 0 aliphatic heterocycles. The fraction of sp³-hybridized carbons (Fsp3) is 0.394. The summed E-state index contributed by atoms with van der Waals surface area (Å²) in [6.45, 7) is 4.58. The smallest absolute Gasteiger partial charge is 0.248 e. The van der Waals surface area contributed by atoms with Crippen molar-refractivity contribution in [1.29, 1.82) is 0 Å². The number of hydrogen-bond acceptors (Lipinski definition) is 3. The highest BCUT2D eigenvalue weighted by Crippen LogP contribution is 2.56. The number of hydrogen-bond donors (Lipinski definition) is 0. The summed E-state index contributed by atoms with van der Waals surface area (Å²) in [5.41, 5.74) is 7.66. The van der Waals surface area contributed by atoms with Gasteiger partial charge in [-0.1, -0.05) is 120 Å². The first-order chi connectivity index (χ1) is 17.8. The van der Waals surface area contributed by atoms with Gasteiger partial charge >= 0.3 is 0 Å². The molecule has 0 bridgehead atoms. The van der Waals surface area contributed by atoms with E-state index in [1.807, 2.05) is 30.3 Å². The first-order valence-electron chi connectivity index (χ1n) is 13.9. The zero-order chi connectivity index (χ0) is 24.8. The second-order valence-corrected chi connectivity index (χ2v) is 10.3. The summed E-state index contributed by atoms with van der Waals surface area (Å²) in [5.74, 6) is 1.21. The molecule has 0 saturated heterocycles. The SMILES string of the molecule is CCCCCCC1(CCCCCC)c2ccccc2-c2cccc(-c3nnc(-c4ccccc4)o3)c21. The molecule has 3 aromatic carbocycles. The Morgan fingerprint density at radius 2 is 1.19 bits per heavy atom. The van der Waals surface area contributed by atoms with E-state index in [4.69, 9.17) is 4.42 Å². The third-order valence-corrected chi connectivity index (χ3v) is 7.87. The van der Waals surface area contributed by atoms with Gasteiger partial charge < -0.3 is 4.42 Å². The number of nitrogens with zero attached hydrogens (tertiary/aromatic N) is 2. The van der Waals surface area contributed by atoms with Gasteiger partial charge in [-0.15, -0.1) is 10.2 Å². The predicted molar refractivity (Wildman–Crippen MR) is 149 cm³/mol. The van der Waals surface area contributed by atoms with Gasteiger partial charge in [-0.05, 0) is 53.3 Å². The normalized spacial score (nSPS) is 13.5. The lowest BCUT2D eigenvalue weighted by molar-refractivity contribution is 0.401. The van der Waals surface area contributed by atoms with Crippen molar-refractivity contribution in [2.45, 2.75) is 83.5 Å². The number of fused-ring (bicyclic) bond motifs is 3. The van der Waals surface area contributed by atoms with Crippen LogP contribution in [-0.4, -0.2) is 10.2 Å². The second kappa shape index (κ2) is 11.2. The van der Waals surface area contributed by atoms with Gasteiger partial charge in [0.05, 0.1) is 0 Å². The van der Waals surface area contributed by atoms with E-state index in [1.54, 1.807) is 0 Å². The molecule has 0 unspecified atom stereocenters. The number of rotatable bonds is 12. The first-order valence-corrected chi connectivity index (χ1v) is 13.9. The van der Waals surface area contributed by atoms with Crippen LogP contribution in [0.15, 0.2) is 77.2 Å². The zero-order valence-electron chi connectivity index (χ0n) is 21.8. The van der Waals surface area contributed by atoms with E-state index in [1.165, 1.54) is 86.5 Å². The molecular formula is C33H38N2O. The van der Waals surface area contributed by atoms with Crippen LogP contribution in [0.2, 0.25) is 0 Å². The van der Waals surface area contributed by atoms with E-state index in [-0.39, 0.29) is 5.41 Å². The summed E-state index contributed by atoms with van der Waals surface area (Å²) in [7, 11) is 0. The van der Waals surface area contributed by atoms with Crippen LogP contribution in [0.25, 0.3) is 34.0 Å². The average molecular weight is 479 g/mol. The third kappa shape index (κ3) is 4.64. The average Bonchev–Trinajstić information content (AvgIpc) is 3.53. The second-order valence-electron chi connectivity index (χ2n) is 10.3. The Bertz CT molecular complexity index is 1260. The summed E-state index contributed by atoms with van der Waals surface area (Å²) in [6, 6.07) is 25.8. The lowest BCUT2D eigenvalue weighted by Gasteiger charge is -2.34. The molecule has 3 heteroatoms. The molecule has 0 amide bonds. The standard InChI is InChI=1S/C33H38N2O/c1-3-5-7-14-23-33(24-15-8-6-4-2)29-22-13-12-19-26(29)27-20-16-21-28(30(27)33)32-35-34-31(36-32)25-17-10-9-11-18-25/h9-13,16-22H,3-8,14-15,23-24H2,1-2H3. The molecule has 0 radical (unpaired) electrons. The lowest BCUT2D eigenvalue weighted by Crippen LogP contribution is -2.26. The minimum absolute atomic E-state index is 0.00855. The summed E-state index contributed by atoms with van der Waals surface area (Å²) >= 11 is 0. The van der Waals surface area contributed by atoms with Crippen molar-refractivity contribution in [3.05, 3.63) is 83.9 Å². The van der Waals surface area contributed by atoms with Crippen molar-refractivity contribution >= 4 is 0 Å². The first kappa shape index (κ1) is 24.5. The highest BCUT2D eigenvalue weighted by Gasteiger charge is 2.44. The molecule has 1 heterocycles. The summed E-state index contributed by atoms with van der Waals surface area (Å²) < 4.78 is 6.34. The number of benzene rings is 3. The summed E-state index contributed by atoms with van der Waals surface area (Å²) in [6.07, 6.45) is 12.5. The molecule has 0 N–H and O–H groups in total. The van der Waals surface area contributed by atoms with Gasteiger partial charge in [-0.25, -0.2) is 0 Å². The van der Waals surface area contributed by atoms with Crippen LogP contribution >= 0.6 is 0 Å². The van der Waals surface area contributed by atoms with Gasteiger partial charge in [-0.3, -0.25) is 0 Å². The zero-order valence-corrected chi connectivity index (χ0v) is 21.8. The Morgan fingerprint density at radius 1 is 0.583 bits per heavy atom. The topological polar surface area (TPSA) is 38.9 Å². The molecule has 0 saturated carbocycles. The maximum absolute atomic E-state index is 6.34. The molecule has 1 aromatic heterocycles.